The first-order valence-electron chi connectivity index (χ1n) is 0.775. The fourth-order valence-corrected chi connectivity index (χ4v) is 0. The fourth-order valence-electron chi connectivity index (χ4n) is 0. The molecule has 0 aromatic rings. The second-order valence-corrected chi connectivity index (χ2v) is 0.346. The molecule has 8 heteroatoms. The SMILES string of the molecule is Cl.OB(O)O.[NaH].[NaH].[NaH]. The van der Waals surface area contributed by atoms with Crippen LogP contribution < -0.4 is 0 Å². The molecule has 0 bridgehead atoms. The van der Waals surface area contributed by atoms with E-state index in [0.29, 0.717) is 0 Å². The zero-order valence-electron chi connectivity index (χ0n) is 2.33. The average molecular weight is 170 g/mol. The van der Waals surface area contributed by atoms with Gasteiger partial charge < -0.3 is 15.1 Å². The number of hydrogen-bond donors (Lipinski definition) is 3. The molecule has 0 aliphatic heterocycles. The molecule has 0 radical (unpaired) electrons. The van der Waals surface area contributed by atoms with Gasteiger partial charge >= 0.3 is 96.0 Å². The van der Waals surface area contributed by atoms with Crippen LogP contribution in [0, 0.1) is 0 Å². The summed E-state index contributed by atoms with van der Waals surface area (Å²) < 4.78 is 0. The van der Waals surface area contributed by atoms with E-state index in [1.165, 1.54) is 0 Å². The molecule has 0 unspecified atom stereocenters. The summed E-state index contributed by atoms with van der Waals surface area (Å²) in [6, 6.07) is 0. The molecule has 0 heterocycles. The van der Waals surface area contributed by atoms with Crippen molar-refractivity contribution in [2.24, 2.45) is 0 Å². The molecule has 0 amide bonds. The Morgan fingerprint density at radius 1 is 0.750 bits per heavy atom. The molecule has 0 aliphatic carbocycles. The Labute approximate surface area is 121 Å². The molecule has 38 valence electrons. The first-order valence-corrected chi connectivity index (χ1v) is 0.775. The Balaban J connectivity index is -0.00000000750. The van der Waals surface area contributed by atoms with Crippen LogP contribution in [0.2, 0.25) is 0 Å². The zero-order chi connectivity index (χ0) is 3.58. The van der Waals surface area contributed by atoms with Gasteiger partial charge in [-0.1, -0.05) is 0 Å². The van der Waals surface area contributed by atoms with Gasteiger partial charge in [0.1, 0.15) is 0 Å². The quantitative estimate of drug-likeness (QED) is 0.330. The third-order valence-corrected chi connectivity index (χ3v) is 0. The van der Waals surface area contributed by atoms with Gasteiger partial charge in [-0.15, -0.1) is 12.4 Å². The fraction of sp³-hybridized carbons (Fsp3) is 0. The summed E-state index contributed by atoms with van der Waals surface area (Å²) in [6.07, 6.45) is 0. The van der Waals surface area contributed by atoms with Crippen molar-refractivity contribution in [3.8, 4) is 0 Å². The van der Waals surface area contributed by atoms with Crippen LogP contribution in [0.1, 0.15) is 0 Å². The van der Waals surface area contributed by atoms with Crippen LogP contribution in [0.25, 0.3) is 0 Å². The number of halogens is 1. The predicted octanol–water partition coefficient (Wildman–Crippen LogP) is -3.58. The van der Waals surface area contributed by atoms with E-state index in [1.807, 2.05) is 0 Å². The van der Waals surface area contributed by atoms with Crippen molar-refractivity contribution in [3.63, 3.8) is 0 Å². The van der Waals surface area contributed by atoms with Gasteiger partial charge in [0.15, 0.2) is 0 Å². The third-order valence-electron chi connectivity index (χ3n) is 0. The minimum absolute atomic E-state index is 0. The minimum atomic E-state index is -2.17. The van der Waals surface area contributed by atoms with Crippen molar-refractivity contribution < 1.29 is 15.1 Å². The van der Waals surface area contributed by atoms with E-state index >= 15 is 0 Å². The summed E-state index contributed by atoms with van der Waals surface area (Å²) in [7, 11) is -2.17. The first-order chi connectivity index (χ1) is 1.73. The van der Waals surface area contributed by atoms with Crippen LogP contribution in [0.4, 0.5) is 0 Å². The van der Waals surface area contributed by atoms with Crippen LogP contribution in [0.5, 0.6) is 0 Å². The number of rotatable bonds is 0. The molecule has 0 saturated heterocycles. The normalized spacial score (nSPS) is 3.38. The van der Waals surface area contributed by atoms with E-state index < -0.39 is 7.32 Å². The van der Waals surface area contributed by atoms with Gasteiger partial charge in [-0.2, -0.15) is 0 Å². The molecule has 0 fully saturated rings. The summed E-state index contributed by atoms with van der Waals surface area (Å²) in [5.74, 6) is 0. The molecule has 3 nitrogen and oxygen atoms in total. The van der Waals surface area contributed by atoms with Gasteiger partial charge in [0.05, 0.1) is 0 Å². The Morgan fingerprint density at radius 2 is 0.750 bits per heavy atom. The van der Waals surface area contributed by atoms with Crippen LogP contribution in [0.3, 0.4) is 0 Å². The van der Waals surface area contributed by atoms with Gasteiger partial charge in [0, 0.05) is 0 Å². The standard InChI is InChI=1S/BH3O3.ClH.3Na.3H/c2-1(3)4;;;;;;;/h2-4H;1H;;;;;;. The van der Waals surface area contributed by atoms with E-state index in [2.05, 4.69) is 0 Å². The first kappa shape index (κ1) is 30.3. The van der Waals surface area contributed by atoms with Crippen LogP contribution in [-0.4, -0.2) is 111 Å². The van der Waals surface area contributed by atoms with Gasteiger partial charge in [0.25, 0.3) is 0 Å². The van der Waals surface area contributed by atoms with Gasteiger partial charge in [-0.05, 0) is 0 Å². The molecule has 0 rings (SSSR count). The molecular weight excluding hydrogens is 163 g/mol. The van der Waals surface area contributed by atoms with Gasteiger partial charge in [-0.25, -0.2) is 0 Å². The molecule has 0 atom stereocenters. The monoisotopic (exact) mass is 170 g/mol. The van der Waals surface area contributed by atoms with Crippen LogP contribution in [0.15, 0.2) is 0 Å². The summed E-state index contributed by atoms with van der Waals surface area (Å²) in [5, 5.41) is 21.5. The summed E-state index contributed by atoms with van der Waals surface area (Å²) in [4.78, 5) is 0. The summed E-state index contributed by atoms with van der Waals surface area (Å²) in [5.41, 5.74) is 0. The van der Waals surface area contributed by atoms with Crippen molar-refractivity contribution in [1.82, 2.24) is 0 Å². The van der Waals surface area contributed by atoms with Crippen molar-refractivity contribution in [1.29, 1.82) is 0 Å². The van der Waals surface area contributed by atoms with Crippen molar-refractivity contribution in [2.45, 2.75) is 0 Å². The third kappa shape index (κ3) is 59.8. The average Bonchev–Trinajstić information content (AvgIpc) is 0.811. The van der Waals surface area contributed by atoms with E-state index in [1.54, 1.807) is 0 Å². The van der Waals surface area contributed by atoms with E-state index in [0.717, 1.165) is 0 Å². The molecule has 0 saturated carbocycles. The summed E-state index contributed by atoms with van der Waals surface area (Å²) >= 11 is 0. The Morgan fingerprint density at radius 3 is 0.750 bits per heavy atom. The maximum atomic E-state index is 7.17. The van der Waals surface area contributed by atoms with Gasteiger partial charge in [0.2, 0.25) is 0 Å². The topological polar surface area (TPSA) is 60.7 Å². The van der Waals surface area contributed by atoms with Gasteiger partial charge in [-0.3, -0.25) is 0 Å². The molecule has 0 aromatic carbocycles. The Bertz CT molecular complexity index is 19.2. The maximum absolute atomic E-state index is 7.17. The Hall–Kier alpha value is 3.23. The summed E-state index contributed by atoms with van der Waals surface area (Å²) in [6.45, 7) is 0. The Kier molecular flexibility index (Phi) is 85.0. The molecule has 0 spiro atoms. The van der Waals surface area contributed by atoms with E-state index in [4.69, 9.17) is 15.1 Å². The molecule has 0 aliphatic rings. The molecule has 0 aromatic heterocycles. The molecular formula is H7BClNa3O3. The van der Waals surface area contributed by atoms with Crippen LogP contribution in [-0.2, 0) is 0 Å². The van der Waals surface area contributed by atoms with Crippen molar-refractivity contribution in [3.05, 3.63) is 0 Å². The second kappa shape index (κ2) is 22.5. The molecule has 8 heavy (non-hydrogen) atoms. The van der Waals surface area contributed by atoms with E-state index in [-0.39, 0.29) is 101 Å². The molecule has 3 N–H and O–H groups in total. The van der Waals surface area contributed by atoms with E-state index in [9.17, 15) is 0 Å². The second-order valence-electron chi connectivity index (χ2n) is 0.346. The van der Waals surface area contributed by atoms with Crippen LogP contribution >= 0.6 is 12.4 Å². The zero-order valence-corrected chi connectivity index (χ0v) is 3.14. The predicted molar refractivity (Wildman–Crippen MR) is 41.1 cm³/mol. The van der Waals surface area contributed by atoms with Crippen molar-refractivity contribution >= 4 is 108 Å². The number of hydrogen-bond acceptors (Lipinski definition) is 3. The van der Waals surface area contributed by atoms with Crippen molar-refractivity contribution in [2.75, 3.05) is 0 Å².